The summed E-state index contributed by atoms with van der Waals surface area (Å²) in [6, 6.07) is 0. The molecule has 0 aromatic rings. The van der Waals surface area contributed by atoms with Crippen molar-refractivity contribution in [2.75, 3.05) is 47.5 Å². The molecule has 0 aromatic carbocycles. The SMILES string of the molecule is CC/C=C\C/C=C\C/C=C\C/C=C\C/C=C\C/C=C\C/C=C\C/C=C\C/C=C\CCCCCCCCCCCCCCCC(=O)OC(COC(=O)CC/C=C\C/C=C\C/C=C\C/C=C\C/C=C\C/C=C\CC)COP(=O)(O)OCC[N+](C)(C)C. The lowest BCUT2D eigenvalue weighted by molar-refractivity contribution is -0.870. The average molecular weight is 1180 g/mol. The van der Waals surface area contributed by atoms with Gasteiger partial charge in [-0.1, -0.05) is 267 Å². The molecular formula is C74H119NO8P+. The molecular weight excluding hydrogens is 1060 g/mol. The Morgan fingerprint density at radius 2 is 0.667 bits per heavy atom. The Labute approximate surface area is 514 Å². The normalized spacial score (nSPS) is 14.4. The monoisotopic (exact) mass is 1180 g/mol. The van der Waals surface area contributed by atoms with Crippen LogP contribution in [0.2, 0.25) is 0 Å². The third-order valence-electron chi connectivity index (χ3n) is 12.9. The second-order valence-corrected chi connectivity index (χ2v) is 23.5. The first kappa shape index (κ1) is 79.1. The van der Waals surface area contributed by atoms with E-state index < -0.39 is 32.5 Å². The number of hydrogen-bond acceptors (Lipinski definition) is 7. The van der Waals surface area contributed by atoms with Gasteiger partial charge in [0.1, 0.15) is 19.8 Å². The van der Waals surface area contributed by atoms with Crippen molar-refractivity contribution in [2.45, 2.75) is 225 Å². The van der Waals surface area contributed by atoms with Gasteiger partial charge in [-0.25, -0.2) is 4.57 Å². The molecule has 0 amide bonds. The number of unbranched alkanes of at least 4 members (excludes halogenated alkanes) is 13. The van der Waals surface area contributed by atoms with Crippen LogP contribution >= 0.6 is 7.82 Å². The second kappa shape index (κ2) is 62.6. The van der Waals surface area contributed by atoms with Crippen LogP contribution in [0.1, 0.15) is 219 Å². The lowest BCUT2D eigenvalue weighted by Crippen LogP contribution is -2.37. The zero-order chi connectivity index (χ0) is 61.2. The molecule has 472 valence electrons. The van der Waals surface area contributed by atoms with Gasteiger partial charge in [0, 0.05) is 12.8 Å². The molecule has 10 heteroatoms. The topological polar surface area (TPSA) is 108 Å². The predicted octanol–water partition coefficient (Wildman–Crippen LogP) is 21.1. The predicted molar refractivity (Wildman–Crippen MR) is 362 cm³/mol. The van der Waals surface area contributed by atoms with Crippen LogP contribution in [0, 0.1) is 0 Å². The quantitative estimate of drug-likeness (QED) is 0.0211. The Hall–Kier alpha value is -4.89. The van der Waals surface area contributed by atoms with Crippen molar-refractivity contribution in [3.8, 4) is 0 Å². The van der Waals surface area contributed by atoms with Crippen molar-refractivity contribution >= 4 is 19.8 Å². The molecule has 0 saturated carbocycles. The number of rotatable bonds is 57. The molecule has 0 aliphatic rings. The summed E-state index contributed by atoms with van der Waals surface area (Å²) in [5.41, 5.74) is 0. The number of likely N-dealkylation sites (N-methyl/N-ethyl adjacent to an activating group) is 1. The number of carbonyl (C=O) groups is 2. The van der Waals surface area contributed by atoms with Gasteiger partial charge >= 0.3 is 19.8 Å². The first-order valence-electron chi connectivity index (χ1n) is 32.5. The van der Waals surface area contributed by atoms with Crippen LogP contribution in [0.5, 0.6) is 0 Å². The van der Waals surface area contributed by atoms with Gasteiger partial charge in [-0.15, -0.1) is 0 Å². The van der Waals surface area contributed by atoms with Crippen molar-refractivity contribution in [1.82, 2.24) is 0 Å². The van der Waals surface area contributed by atoms with Gasteiger partial charge in [0.25, 0.3) is 0 Å². The third-order valence-corrected chi connectivity index (χ3v) is 13.9. The molecule has 0 aromatic heterocycles. The summed E-state index contributed by atoms with van der Waals surface area (Å²) in [5.74, 6) is -0.909. The Morgan fingerprint density at radius 3 is 1.00 bits per heavy atom. The van der Waals surface area contributed by atoms with Crippen LogP contribution in [-0.2, 0) is 32.7 Å². The van der Waals surface area contributed by atoms with E-state index >= 15 is 0 Å². The summed E-state index contributed by atoms with van der Waals surface area (Å²) >= 11 is 0. The summed E-state index contributed by atoms with van der Waals surface area (Å²) in [6.45, 7) is 4.09. The van der Waals surface area contributed by atoms with Crippen molar-refractivity contribution in [1.29, 1.82) is 0 Å². The van der Waals surface area contributed by atoms with Crippen molar-refractivity contribution < 1.29 is 42.1 Å². The Kier molecular flexibility index (Phi) is 59.0. The highest BCUT2D eigenvalue weighted by Gasteiger charge is 2.27. The summed E-state index contributed by atoms with van der Waals surface area (Å²) in [5, 5.41) is 0. The Bertz CT molecular complexity index is 2070. The number of phosphoric acid groups is 1. The maximum Gasteiger partial charge on any atom is 0.472 e. The minimum absolute atomic E-state index is 0.0112. The number of hydrogen-bond donors (Lipinski definition) is 1. The standard InChI is InChI=1S/C74H118NO8P/c1-6-8-10-12-14-16-18-20-22-24-26-27-28-29-30-31-32-33-34-35-36-37-38-39-40-41-42-43-44-45-46-47-49-51-53-55-57-59-61-63-65-67-74(77)83-72(71-82-84(78,79)81-69-68-75(3,4)5)70-80-73(76)66-64-62-60-58-56-54-52-50-48-25-23-21-19-17-15-13-11-9-7-2/h8-11,14-17,20-23,26-27,29-30,32-33,35-36,38-39,41-42,48,50,54,56,60,62,72H,6-7,12-13,18-19,24-25,28,31,34,37,40,43-47,49,51-53,55,57-59,61,63-71H2,1-5H3/p+1/b10-8-,11-9-,16-14-,17-15-,22-20-,23-21-,27-26-,30-29-,33-32-,36-35-,39-38-,42-41-,50-48-,56-54-,62-60-. The van der Waals surface area contributed by atoms with E-state index in [0.29, 0.717) is 23.9 Å². The largest absolute Gasteiger partial charge is 0.472 e. The van der Waals surface area contributed by atoms with Gasteiger partial charge in [0.15, 0.2) is 6.10 Å². The number of esters is 2. The molecule has 9 nitrogen and oxygen atoms in total. The summed E-state index contributed by atoms with van der Waals surface area (Å²) in [4.78, 5) is 35.7. The van der Waals surface area contributed by atoms with E-state index in [1.165, 1.54) is 64.2 Å². The van der Waals surface area contributed by atoms with Gasteiger partial charge < -0.3 is 18.9 Å². The zero-order valence-electron chi connectivity index (χ0n) is 53.6. The van der Waals surface area contributed by atoms with Gasteiger partial charge in [-0.05, 0) is 122 Å². The number of carbonyl (C=O) groups excluding carboxylic acids is 2. The van der Waals surface area contributed by atoms with E-state index in [2.05, 4.69) is 184 Å². The van der Waals surface area contributed by atoms with Crippen LogP contribution in [0.4, 0.5) is 0 Å². The molecule has 0 fully saturated rings. The fourth-order valence-electron chi connectivity index (χ4n) is 8.03. The van der Waals surface area contributed by atoms with Crippen molar-refractivity contribution in [3.05, 3.63) is 182 Å². The average Bonchev–Trinajstić information content (AvgIpc) is 3.61. The molecule has 0 rings (SSSR count). The molecule has 0 bridgehead atoms. The van der Waals surface area contributed by atoms with E-state index in [0.717, 1.165) is 116 Å². The van der Waals surface area contributed by atoms with E-state index in [4.69, 9.17) is 18.5 Å². The molecule has 2 atom stereocenters. The van der Waals surface area contributed by atoms with Gasteiger partial charge in [0.05, 0.1) is 27.7 Å². The number of nitrogens with zero attached hydrogens (tertiary/aromatic N) is 1. The maximum absolute atomic E-state index is 12.8. The molecule has 84 heavy (non-hydrogen) atoms. The number of phosphoric ester groups is 1. The van der Waals surface area contributed by atoms with Crippen LogP contribution in [0.15, 0.2) is 182 Å². The molecule has 0 aliphatic heterocycles. The minimum atomic E-state index is -4.42. The lowest BCUT2D eigenvalue weighted by Gasteiger charge is -2.24. The van der Waals surface area contributed by atoms with E-state index in [-0.39, 0.29) is 26.1 Å². The number of ether oxygens (including phenoxy) is 2. The van der Waals surface area contributed by atoms with Gasteiger partial charge in [-0.2, -0.15) is 0 Å². The summed E-state index contributed by atoms with van der Waals surface area (Å²) in [7, 11) is 1.41. The maximum atomic E-state index is 12.8. The van der Waals surface area contributed by atoms with Crippen molar-refractivity contribution in [3.63, 3.8) is 0 Å². The highest BCUT2D eigenvalue weighted by atomic mass is 31.2. The second-order valence-electron chi connectivity index (χ2n) is 22.0. The van der Waals surface area contributed by atoms with Gasteiger partial charge in [0.2, 0.25) is 0 Å². The van der Waals surface area contributed by atoms with Crippen molar-refractivity contribution in [2.24, 2.45) is 0 Å². The smallest absolute Gasteiger partial charge is 0.462 e. The number of allylic oxidation sites excluding steroid dienone is 30. The van der Waals surface area contributed by atoms with E-state index in [9.17, 15) is 19.0 Å². The van der Waals surface area contributed by atoms with Crippen LogP contribution in [0.3, 0.4) is 0 Å². The molecule has 0 spiro atoms. The number of quaternary nitrogens is 1. The van der Waals surface area contributed by atoms with Crippen LogP contribution in [-0.4, -0.2) is 74.9 Å². The molecule has 0 heterocycles. The first-order chi connectivity index (χ1) is 41.0. The fraction of sp³-hybridized carbons (Fsp3) is 0.568. The molecule has 0 saturated heterocycles. The highest BCUT2D eigenvalue weighted by Crippen LogP contribution is 2.43. The van der Waals surface area contributed by atoms with Gasteiger partial charge in [-0.3, -0.25) is 18.6 Å². The molecule has 0 aliphatic carbocycles. The first-order valence-corrected chi connectivity index (χ1v) is 34.0. The van der Waals surface area contributed by atoms with Crippen LogP contribution in [0.25, 0.3) is 0 Å². The fourth-order valence-corrected chi connectivity index (χ4v) is 8.77. The molecule has 2 unspecified atom stereocenters. The molecule has 0 radical (unpaired) electrons. The summed E-state index contributed by atoms with van der Waals surface area (Å²) < 4.78 is 34.5. The minimum Gasteiger partial charge on any atom is -0.462 e. The molecule has 1 N–H and O–H groups in total. The highest BCUT2D eigenvalue weighted by molar-refractivity contribution is 7.47. The lowest BCUT2D eigenvalue weighted by atomic mass is 10.0. The Balaban J connectivity index is 4.14. The van der Waals surface area contributed by atoms with E-state index in [1.54, 1.807) is 0 Å². The van der Waals surface area contributed by atoms with Crippen LogP contribution < -0.4 is 0 Å². The van der Waals surface area contributed by atoms with E-state index in [1.807, 2.05) is 33.3 Å². The zero-order valence-corrected chi connectivity index (χ0v) is 54.4. The Morgan fingerprint density at radius 1 is 0.369 bits per heavy atom. The third kappa shape index (κ3) is 66.3. The summed E-state index contributed by atoms with van der Waals surface area (Å²) in [6.07, 6.45) is 97.2.